The van der Waals surface area contributed by atoms with E-state index < -0.39 is 6.10 Å². The Morgan fingerprint density at radius 3 is 2.83 bits per heavy atom. The van der Waals surface area contributed by atoms with Crippen LogP contribution in [0.3, 0.4) is 0 Å². The summed E-state index contributed by atoms with van der Waals surface area (Å²) in [5.74, 6) is 0.0696. The van der Waals surface area contributed by atoms with Gasteiger partial charge < -0.3 is 14.4 Å². The fourth-order valence-electron chi connectivity index (χ4n) is 3.71. The minimum atomic E-state index is -0.445. The molecular weight excluding hydrogens is 290 g/mol. The third-order valence-electron chi connectivity index (χ3n) is 4.81. The van der Waals surface area contributed by atoms with Crippen LogP contribution in [0.25, 0.3) is 10.8 Å². The highest BCUT2D eigenvalue weighted by atomic mass is 16.6. The summed E-state index contributed by atoms with van der Waals surface area (Å²) in [5.41, 5.74) is 1.24. The van der Waals surface area contributed by atoms with Crippen LogP contribution in [-0.2, 0) is 14.3 Å². The number of nitrogens with zero attached hydrogens (tertiary/aromatic N) is 1. The highest BCUT2D eigenvalue weighted by Crippen LogP contribution is 2.36. The number of ether oxygens (including phenoxy) is 2. The number of benzene rings is 2. The molecular formula is C19H21NO3. The number of carbonyl (C=O) groups excluding carboxylic acids is 1. The zero-order valence-corrected chi connectivity index (χ0v) is 13.1. The molecule has 120 valence electrons. The average molecular weight is 311 g/mol. The molecule has 4 heteroatoms. The molecule has 2 aliphatic heterocycles. The fourth-order valence-corrected chi connectivity index (χ4v) is 3.71. The Hall–Kier alpha value is -1.91. The van der Waals surface area contributed by atoms with Gasteiger partial charge in [0.2, 0.25) is 0 Å². The van der Waals surface area contributed by atoms with Crippen molar-refractivity contribution in [1.82, 2.24) is 4.90 Å². The summed E-state index contributed by atoms with van der Waals surface area (Å²) in [6, 6.07) is 14.9. The first-order valence-electron chi connectivity index (χ1n) is 8.32. The van der Waals surface area contributed by atoms with Crippen LogP contribution in [0.1, 0.15) is 24.4 Å². The third-order valence-corrected chi connectivity index (χ3v) is 4.81. The van der Waals surface area contributed by atoms with E-state index in [0.717, 1.165) is 19.4 Å². The molecule has 2 atom stereocenters. The molecule has 0 aliphatic carbocycles. The molecule has 2 heterocycles. The van der Waals surface area contributed by atoms with Crippen LogP contribution in [0.4, 0.5) is 0 Å². The number of rotatable bonds is 2. The first-order valence-corrected chi connectivity index (χ1v) is 8.32. The molecule has 0 radical (unpaired) electrons. The molecule has 2 saturated heterocycles. The molecule has 23 heavy (non-hydrogen) atoms. The highest BCUT2D eigenvalue weighted by molar-refractivity contribution is 5.87. The SMILES string of the molecule is O=C([C@H]1COCCO1)N1CCC[C@H]1c1cccc2ccccc12. The van der Waals surface area contributed by atoms with Gasteiger partial charge in [0.1, 0.15) is 0 Å². The van der Waals surface area contributed by atoms with Crippen molar-refractivity contribution in [3.8, 4) is 0 Å². The lowest BCUT2D eigenvalue weighted by molar-refractivity contribution is -0.158. The average Bonchev–Trinajstić information content (AvgIpc) is 3.11. The highest BCUT2D eigenvalue weighted by Gasteiger charge is 2.35. The Labute approximate surface area is 136 Å². The van der Waals surface area contributed by atoms with E-state index in [1.807, 2.05) is 4.90 Å². The maximum Gasteiger partial charge on any atom is 0.254 e. The quantitative estimate of drug-likeness (QED) is 0.856. The van der Waals surface area contributed by atoms with E-state index in [2.05, 4.69) is 42.5 Å². The molecule has 2 aromatic rings. The van der Waals surface area contributed by atoms with Crippen molar-refractivity contribution < 1.29 is 14.3 Å². The molecule has 4 rings (SSSR count). The summed E-state index contributed by atoms with van der Waals surface area (Å²) in [4.78, 5) is 14.8. The van der Waals surface area contributed by atoms with Crippen molar-refractivity contribution in [3.63, 3.8) is 0 Å². The van der Waals surface area contributed by atoms with Crippen molar-refractivity contribution in [2.75, 3.05) is 26.4 Å². The number of fused-ring (bicyclic) bond motifs is 1. The van der Waals surface area contributed by atoms with Crippen LogP contribution in [0, 0.1) is 0 Å². The summed E-state index contributed by atoms with van der Waals surface area (Å²) >= 11 is 0. The van der Waals surface area contributed by atoms with Gasteiger partial charge in [0.25, 0.3) is 5.91 Å². The molecule has 2 fully saturated rings. The Morgan fingerprint density at radius 1 is 1.09 bits per heavy atom. The Balaban J connectivity index is 1.65. The van der Waals surface area contributed by atoms with Gasteiger partial charge in [-0.3, -0.25) is 4.79 Å². The Morgan fingerprint density at radius 2 is 1.96 bits per heavy atom. The van der Waals surface area contributed by atoms with Crippen molar-refractivity contribution in [1.29, 1.82) is 0 Å². The smallest absolute Gasteiger partial charge is 0.254 e. The first kappa shape index (κ1) is 14.7. The lowest BCUT2D eigenvalue weighted by Gasteiger charge is -2.31. The molecule has 0 saturated carbocycles. The number of carbonyl (C=O) groups is 1. The van der Waals surface area contributed by atoms with Crippen LogP contribution in [0.2, 0.25) is 0 Å². The topological polar surface area (TPSA) is 38.8 Å². The second-order valence-electron chi connectivity index (χ2n) is 6.19. The molecule has 1 amide bonds. The van der Waals surface area contributed by atoms with E-state index in [1.165, 1.54) is 16.3 Å². The number of hydrogen-bond donors (Lipinski definition) is 0. The van der Waals surface area contributed by atoms with Crippen LogP contribution in [0.5, 0.6) is 0 Å². The molecule has 0 N–H and O–H groups in total. The summed E-state index contributed by atoms with van der Waals surface area (Å²) < 4.78 is 11.0. The van der Waals surface area contributed by atoms with E-state index >= 15 is 0 Å². The van der Waals surface area contributed by atoms with E-state index in [4.69, 9.17) is 9.47 Å². The van der Waals surface area contributed by atoms with Gasteiger partial charge in [0.15, 0.2) is 6.10 Å². The minimum absolute atomic E-state index is 0.0696. The Kier molecular flexibility index (Phi) is 4.02. The lowest BCUT2D eigenvalue weighted by Crippen LogP contribution is -2.45. The first-order chi connectivity index (χ1) is 11.3. The molecule has 0 bridgehead atoms. The van der Waals surface area contributed by atoms with E-state index in [1.54, 1.807) is 0 Å². The number of hydrogen-bond acceptors (Lipinski definition) is 3. The maximum absolute atomic E-state index is 12.8. The molecule has 2 aromatic carbocycles. The van der Waals surface area contributed by atoms with Crippen molar-refractivity contribution in [3.05, 3.63) is 48.0 Å². The molecule has 0 spiro atoms. The second-order valence-corrected chi connectivity index (χ2v) is 6.19. The summed E-state index contributed by atoms with van der Waals surface area (Å²) in [7, 11) is 0. The van der Waals surface area contributed by atoms with Gasteiger partial charge in [-0.15, -0.1) is 0 Å². The number of likely N-dealkylation sites (tertiary alicyclic amines) is 1. The van der Waals surface area contributed by atoms with E-state index in [0.29, 0.717) is 19.8 Å². The van der Waals surface area contributed by atoms with Gasteiger partial charge in [-0.05, 0) is 29.2 Å². The molecule has 0 aromatic heterocycles. The van der Waals surface area contributed by atoms with E-state index in [9.17, 15) is 4.79 Å². The van der Waals surface area contributed by atoms with Crippen LogP contribution in [0.15, 0.2) is 42.5 Å². The summed E-state index contributed by atoms with van der Waals surface area (Å²) in [5, 5.41) is 2.46. The predicted octanol–water partition coefficient (Wildman–Crippen LogP) is 2.92. The third kappa shape index (κ3) is 2.73. The second kappa shape index (κ2) is 6.30. The van der Waals surface area contributed by atoms with Gasteiger partial charge in [-0.2, -0.15) is 0 Å². The summed E-state index contributed by atoms with van der Waals surface area (Å²) in [6.45, 7) is 2.25. The molecule has 2 aliphatic rings. The fraction of sp³-hybridized carbons (Fsp3) is 0.421. The monoisotopic (exact) mass is 311 g/mol. The normalized spacial score (nSPS) is 25.0. The van der Waals surface area contributed by atoms with Gasteiger partial charge in [-0.25, -0.2) is 0 Å². The predicted molar refractivity (Wildman–Crippen MR) is 88.2 cm³/mol. The van der Waals surface area contributed by atoms with Gasteiger partial charge in [0, 0.05) is 6.54 Å². The van der Waals surface area contributed by atoms with Crippen LogP contribution < -0.4 is 0 Å². The van der Waals surface area contributed by atoms with Crippen LogP contribution >= 0.6 is 0 Å². The largest absolute Gasteiger partial charge is 0.376 e. The maximum atomic E-state index is 12.8. The van der Waals surface area contributed by atoms with Crippen molar-refractivity contribution >= 4 is 16.7 Å². The number of amides is 1. The van der Waals surface area contributed by atoms with Gasteiger partial charge >= 0.3 is 0 Å². The van der Waals surface area contributed by atoms with Crippen LogP contribution in [-0.4, -0.2) is 43.3 Å². The summed E-state index contributed by atoms with van der Waals surface area (Å²) in [6.07, 6.45) is 1.60. The lowest BCUT2D eigenvalue weighted by atomic mass is 9.97. The molecule has 4 nitrogen and oxygen atoms in total. The van der Waals surface area contributed by atoms with Gasteiger partial charge in [-0.1, -0.05) is 42.5 Å². The zero-order valence-electron chi connectivity index (χ0n) is 13.1. The Bertz CT molecular complexity index is 703. The molecule has 0 unspecified atom stereocenters. The van der Waals surface area contributed by atoms with Gasteiger partial charge in [0.05, 0.1) is 25.9 Å². The minimum Gasteiger partial charge on any atom is -0.376 e. The standard InChI is InChI=1S/C19H21NO3/c21-19(18-13-22-11-12-23-18)20-10-4-9-17(20)16-8-3-6-14-5-1-2-7-15(14)16/h1-3,5-8,17-18H,4,9-13H2/t17-,18+/m0/s1. The van der Waals surface area contributed by atoms with E-state index in [-0.39, 0.29) is 11.9 Å². The van der Waals surface area contributed by atoms with Crippen molar-refractivity contribution in [2.45, 2.75) is 25.0 Å². The zero-order chi connectivity index (χ0) is 15.6. The van der Waals surface area contributed by atoms with Crippen molar-refractivity contribution in [2.24, 2.45) is 0 Å².